The summed E-state index contributed by atoms with van der Waals surface area (Å²) >= 11 is 6.31. The Morgan fingerprint density at radius 1 is 1.23 bits per heavy atom. The van der Waals surface area contributed by atoms with Crippen molar-refractivity contribution in [3.05, 3.63) is 48.0 Å². The summed E-state index contributed by atoms with van der Waals surface area (Å²) in [6.07, 6.45) is 5.20. The summed E-state index contributed by atoms with van der Waals surface area (Å²) in [5.41, 5.74) is 0.828. The second kappa shape index (κ2) is 10.3. The Kier molecular flexibility index (Phi) is 6.65. The lowest BCUT2D eigenvalue weighted by Gasteiger charge is -2.35. The van der Waals surface area contributed by atoms with Crippen LogP contribution in [0.15, 0.2) is 37.2 Å². The van der Waals surface area contributed by atoms with Gasteiger partial charge >= 0.3 is 6.01 Å². The number of rotatable bonds is 6. The summed E-state index contributed by atoms with van der Waals surface area (Å²) in [5.74, 6) is 0.0874. The summed E-state index contributed by atoms with van der Waals surface area (Å²) in [7, 11) is 2.04. The molecular formula is C26H26ClFN8O3. The van der Waals surface area contributed by atoms with Gasteiger partial charge in [0, 0.05) is 51.5 Å². The first-order valence-electron chi connectivity index (χ1n) is 12.6. The first kappa shape index (κ1) is 25.3. The quantitative estimate of drug-likeness (QED) is 0.360. The van der Waals surface area contributed by atoms with Crippen molar-refractivity contribution >= 4 is 45.1 Å². The molecule has 0 aliphatic carbocycles. The average Bonchev–Trinajstić information content (AvgIpc) is 3.59. The number of carbonyl (C=O) groups is 1. The molecule has 1 aromatic carbocycles. The number of nitrogens with one attached hydrogen (secondary N) is 1. The molecule has 11 nitrogen and oxygen atoms in total. The summed E-state index contributed by atoms with van der Waals surface area (Å²) in [6, 6.07) is 3.25. The van der Waals surface area contributed by atoms with Gasteiger partial charge in [0.15, 0.2) is 5.75 Å². The smallest absolute Gasteiger partial charge is 0.319 e. The van der Waals surface area contributed by atoms with E-state index in [-0.39, 0.29) is 34.7 Å². The fraction of sp³-hybridized carbons (Fsp3) is 0.346. The van der Waals surface area contributed by atoms with E-state index in [9.17, 15) is 9.18 Å². The third-order valence-corrected chi connectivity index (χ3v) is 7.37. The Morgan fingerprint density at radius 2 is 2.05 bits per heavy atom. The van der Waals surface area contributed by atoms with Crippen LogP contribution in [0.3, 0.4) is 0 Å². The highest BCUT2D eigenvalue weighted by Gasteiger charge is 2.27. The van der Waals surface area contributed by atoms with Gasteiger partial charge in [0.2, 0.25) is 11.8 Å². The van der Waals surface area contributed by atoms with E-state index in [1.165, 1.54) is 18.3 Å². The lowest BCUT2D eigenvalue weighted by molar-refractivity contribution is -0.126. The van der Waals surface area contributed by atoms with Crippen molar-refractivity contribution in [3.63, 3.8) is 0 Å². The lowest BCUT2D eigenvalue weighted by atomic mass is 10.2. The molecule has 2 aliphatic rings. The van der Waals surface area contributed by atoms with Crippen LogP contribution in [0.1, 0.15) is 6.42 Å². The van der Waals surface area contributed by atoms with Crippen molar-refractivity contribution in [2.75, 3.05) is 51.2 Å². The monoisotopic (exact) mass is 552 g/mol. The molecule has 1 unspecified atom stereocenters. The van der Waals surface area contributed by atoms with Crippen LogP contribution >= 0.6 is 11.6 Å². The Balaban J connectivity index is 1.42. The largest absolute Gasteiger partial charge is 0.459 e. The number of hydrogen-bond donors (Lipinski definition) is 1. The van der Waals surface area contributed by atoms with Crippen LogP contribution in [0.2, 0.25) is 5.02 Å². The van der Waals surface area contributed by atoms with Crippen LogP contribution in [0.25, 0.3) is 21.8 Å². The summed E-state index contributed by atoms with van der Waals surface area (Å²) in [5, 5.41) is 7.71. The van der Waals surface area contributed by atoms with Crippen LogP contribution in [0.5, 0.6) is 17.6 Å². The van der Waals surface area contributed by atoms with Crippen molar-refractivity contribution in [1.29, 1.82) is 0 Å². The van der Waals surface area contributed by atoms with E-state index in [1.54, 1.807) is 17.2 Å². The molecule has 2 aliphatic heterocycles. The number of hydrogen-bond acceptors (Lipinski definition) is 9. The van der Waals surface area contributed by atoms with Crippen LogP contribution in [-0.4, -0.2) is 93.3 Å². The number of nitrogens with zero attached hydrogens (tertiary/aromatic N) is 7. The van der Waals surface area contributed by atoms with Gasteiger partial charge in [-0.2, -0.15) is 15.1 Å². The molecule has 0 radical (unpaired) electrons. The van der Waals surface area contributed by atoms with Crippen LogP contribution in [0.4, 0.5) is 10.2 Å². The molecule has 2 saturated heterocycles. The minimum Gasteiger partial charge on any atom is -0.459 e. The molecular weight excluding hydrogens is 527 g/mol. The first-order valence-corrected chi connectivity index (χ1v) is 13.0. The Hall–Kier alpha value is -4.03. The molecule has 39 heavy (non-hydrogen) atoms. The number of anilines is 1. The minimum absolute atomic E-state index is 0.0633. The van der Waals surface area contributed by atoms with E-state index in [0.717, 1.165) is 19.5 Å². The Bertz CT molecular complexity index is 1570. The molecule has 13 heteroatoms. The topological polar surface area (TPSA) is 113 Å². The number of piperazine rings is 1. The van der Waals surface area contributed by atoms with Gasteiger partial charge in [0.1, 0.15) is 28.3 Å². The molecule has 6 rings (SSSR count). The number of H-pyrrole nitrogens is 1. The number of likely N-dealkylation sites (tertiary alicyclic amines) is 1. The number of aromatic nitrogens is 5. The molecule has 0 saturated carbocycles. The number of fused-ring (bicyclic) bond motifs is 2. The Morgan fingerprint density at radius 3 is 2.79 bits per heavy atom. The van der Waals surface area contributed by atoms with Gasteiger partial charge < -0.3 is 24.2 Å². The zero-order valence-corrected chi connectivity index (χ0v) is 22.0. The molecule has 5 heterocycles. The lowest BCUT2D eigenvalue weighted by Crippen LogP contribution is -2.48. The van der Waals surface area contributed by atoms with E-state index in [2.05, 4.69) is 36.5 Å². The second-order valence-electron chi connectivity index (χ2n) is 9.58. The maximum atomic E-state index is 14.6. The average molecular weight is 553 g/mol. The predicted molar refractivity (Wildman–Crippen MR) is 144 cm³/mol. The highest BCUT2D eigenvalue weighted by atomic mass is 35.5. The molecule has 3 aromatic heterocycles. The zero-order chi connectivity index (χ0) is 27.1. The maximum Gasteiger partial charge on any atom is 0.319 e. The van der Waals surface area contributed by atoms with E-state index in [0.29, 0.717) is 53.8 Å². The highest BCUT2D eigenvalue weighted by molar-refractivity contribution is 6.33. The maximum absolute atomic E-state index is 14.6. The van der Waals surface area contributed by atoms with Gasteiger partial charge in [0.05, 0.1) is 22.5 Å². The number of benzene rings is 1. The number of halogens is 2. The summed E-state index contributed by atoms with van der Waals surface area (Å²) < 4.78 is 26.9. The van der Waals surface area contributed by atoms with E-state index < -0.39 is 5.82 Å². The second-order valence-corrected chi connectivity index (χ2v) is 9.96. The number of pyridine rings is 1. The summed E-state index contributed by atoms with van der Waals surface area (Å²) in [6.45, 7) is 7.41. The van der Waals surface area contributed by atoms with Crippen molar-refractivity contribution in [2.45, 2.75) is 12.5 Å². The zero-order valence-electron chi connectivity index (χ0n) is 21.2. The van der Waals surface area contributed by atoms with Gasteiger partial charge in [-0.1, -0.05) is 18.2 Å². The molecule has 202 valence electrons. The highest BCUT2D eigenvalue weighted by Crippen LogP contribution is 2.40. The van der Waals surface area contributed by atoms with E-state index in [1.807, 2.05) is 7.05 Å². The minimum atomic E-state index is -0.653. The molecule has 1 amide bonds. The van der Waals surface area contributed by atoms with Crippen LogP contribution in [-0.2, 0) is 4.79 Å². The van der Waals surface area contributed by atoms with Crippen molar-refractivity contribution < 1.29 is 18.7 Å². The van der Waals surface area contributed by atoms with Crippen molar-refractivity contribution in [3.8, 4) is 17.6 Å². The number of likely N-dealkylation sites (N-methyl/N-ethyl adjacent to an activating group) is 1. The Labute approximate surface area is 228 Å². The van der Waals surface area contributed by atoms with Crippen molar-refractivity contribution in [1.82, 2.24) is 34.9 Å². The number of carbonyl (C=O) groups excluding carboxylic acids is 1. The van der Waals surface area contributed by atoms with Gasteiger partial charge in [0.25, 0.3) is 0 Å². The molecule has 1 N–H and O–H groups in total. The number of amides is 1. The summed E-state index contributed by atoms with van der Waals surface area (Å²) in [4.78, 5) is 32.0. The fourth-order valence-electron chi connectivity index (χ4n) is 4.97. The van der Waals surface area contributed by atoms with Gasteiger partial charge in [-0.05, 0) is 25.6 Å². The molecule has 2 fully saturated rings. The molecule has 1 atom stereocenters. The number of aromatic amines is 1. The molecule has 0 spiro atoms. The van der Waals surface area contributed by atoms with Gasteiger partial charge in [-0.25, -0.2) is 9.37 Å². The third-order valence-electron chi connectivity index (χ3n) is 7.02. The van der Waals surface area contributed by atoms with Crippen molar-refractivity contribution in [2.24, 2.45) is 0 Å². The first-order chi connectivity index (χ1) is 18.9. The van der Waals surface area contributed by atoms with Crippen LogP contribution < -0.4 is 14.4 Å². The predicted octanol–water partition coefficient (Wildman–Crippen LogP) is 3.40. The van der Waals surface area contributed by atoms with Gasteiger partial charge in [-0.3, -0.25) is 9.89 Å². The standard InChI is InChI=1S/C26H26ClFN8O3/c1-3-20(37)35-8-10-36(11-9-35)24-16-4-6-29-25(22(16)31-26(32-24)38-15-5-7-34(2)14-15)39-23-17-13-30-33-19(17)12-18(28)21(23)27/h3-4,6,12-13,15H,1,5,7-11,14H2,2H3,(H,30,33). The molecule has 4 aromatic rings. The molecule has 0 bridgehead atoms. The SMILES string of the molecule is C=CC(=O)N1CCN(c2nc(OC3CCN(C)C3)nc3c(Oc4c(Cl)c(F)cc5[nH]ncc45)nccc23)CC1. The van der Waals surface area contributed by atoms with Gasteiger partial charge in [-0.15, -0.1) is 0 Å². The normalized spacial score (nSPS) is 18.2. The third kappa shape index (κ3) is 4.81. The van der Waals surface area contributed by atoms with Crippen LogP contribution in [0, 0.1) is 5.82 Å². The number of ether oxygens (including phenoxy) is 2. The fourth-order valence-corrected chi connectivity index (χ4v) is 5.17. The van der Waals surface area contributed by atoms with E-state index in [4.69, 9.17) is 26.1 Å². The van der Waals surface area contributed by atoms with E-state index >= 15 is 0 Å².